The summed E-state index contributed by atoms with van der Waals surface area (Å²) in [5.74, 6) is -0.860. The van der Waals surface area contributed by atoms with Gasteiger partial charge in [-0.2, -0.15) is 0 Å². The lowest BCUT2D eigenvalue weighted by Gasteiger charge is -2.37. The number of hydrogen-bond acceptors (Lipinski definition) is 3. The molecule has 2 amide bonds. The summed E-state index contributed by atoms with van der Waals surface area (Å²) >= 11 is 0. The maximum Gasteiger partial charge on any atom is 0.317 e. The molecule has 2 N–H and O–H groups in total. The van der Waals surface area contributed by atoms with E-state index in [2.05, 4.69) is 10.2 Å². The first-order valence-electron chi connectivity index (χ1n) is 7.46. The fraction of sp³-hybridized carbons (Fsp3) is 0.857. The van der Waals surface area contributed by atoms with E-state index in [1.54, 1.807) is 6.92 Å². The Morgan fingerprint density at radius 2 is 2.10 bits per heavy atom. The second kappa shape index (κ2) is 5.99. The molecule has 6 heteroatoms. The molecular weight excluding hydrogens is 258 g/mol. The van der Waals surface area contributed by atoms with Crippen LogP contribution in [0.25, 0.3) is 0 Å². The van der Waals surface area contributed by atoms with E-state index < -0.39 is 11.4 Å². The van der Waals surface area contributed by atoms with Gasteiger partial charge in [-0.3, -0.25) is 9.69 Å². The number of rotatable bonds is 4. The summed E-state index contributed by atoms with van der Waals surface area (Å²) in [6, 6.07) is 0.365. The van der Waals surface area contributed by atoms with Gasteiger partial charge < -0.3 is 15.3 Å². The molecular formula is C14H25N3O3. The summed E-state index contributed by atoms with van der Waals surface area (Å²) < 4.78 is 0. The molecule has 2 saturated heterocycles. The quantitative estimate of drug-likeness (QED) is 0.806. The van der Waals surface area contributed by atoms with Crippen LogP contribution in [0.2, 0.25) is 0 Å². The van der Waals surface area contributed by atoms with Crippen LogP contribution in [0.1, 0.15) is 33.1 Å². The molecule has 2 aliphatic heterocycles. The number of carboxylic acids is 1. The summed E-state index contributed by atoms with van der Waals surface area (Å²) in [5, 5.41) is 12.0. The summed E-state index contributed by atoms with van der Waals surface area (Å²) in [7, 11) is 0. The van der Waals surface area contributed by atoms with Gasteiger partial charge in [0.05, 0.1) is 5.41 Å². The Morgan fingerprint density at radius 1 is 1.35 bits per heavy atom. The van der Waals surface area contributed by atoms with Crippen LogP contribution < -0.4 is 5.32 Å². The number of carbonyl (C=O) groups is 2. The molecule has 2 aliphatic rings. The third-order valence-corrected chi connectivity index (χ3v) is 4.80. The number of carbonyl (C=O) groups excluding carboxylic acids is 1. The van der Waals surface area contributed by atoms with Gasteiger partial charge in [-0.05, 0) is 32.7 Å². The van der Waals surface area contributed by atoms with Crippen molar-refractivity contribution in [2.75, 3.05) is 32.7 Å². The minimum absolute atomic E-state index is 0.127. The summed E-state index contributed by atoms with van der Waals surface area (Å²) in [5.41, 5.74) is -0.884. The molecule has 2 heterocycles. The third-order valence-electron chi connectivity index (χ3n) is 4.80. The Morgan fingerprint density at radius 3 is 2.75 bits per heavy atom. The molecule has 0 aromatic carbocycles. The molecule has 6 nitrogen and oxygen atoms in total. The molecule has 0 aromatic heterocycles. The maximum absolute atomic E-state index is 12.2. The van der Waals surface area contributed by atoms with Crippen LogP contribution >= 0.6 is 0 Å². The van der Waals surface area contributed by atoms with Crippen LogP contribution in [0.3, 0.4) is 0 Å². The van der Waals surface area contributed by atoms with E-state index >= 15 is 0 Å². The molecule has 2 atom stereocenters. The van der Waals surface area contributed by atoms with Crippen LogP contribution in [-0.2, 0) is 4.79 Å². The van der Waals surface area contributed by atoms with E-state index in [0.717, 1.165) is 32.6 Å². The number of amides is 2. The van der Waals surface area contributed by atoms with Crippen LogP contribution in [0, 0.1) is 5.41 Å². The number of nitrogens with zero attached hydrogens (tertiary/aromatic N) is 2. The molecule has 2 fully saturated rings. The summed E-state index contributed by atoms with van der Waals surface area (Å²) in [4.78, 5) is 27.7. The Labute approximate surface area is 120 Å². The normalized spacial score (nSPS) is 25.9. The van der Waals surface area contributed by atoms with Gasteiger partial charge in [0.2, 0.25) is 0 Å². The zero-order chi connectivity index (χ0) is 14.8. The highest BCUT2D eigenvalue weighted by Crippen LogP contribution is 2.22. The third kappa shape index (κ3) is 3.06. The lowest BCUT2D eigenvalue weighted by atomic mass is 9.88. The molecule has 0 aromatic rings. The smallest absolute Gasteiger partial charge is 0.317 e. The Bertz CT molecular complexity index is 388. The molecule has 0 radical (unpaired) electrons. The number of aliphatic carboxylic acids is 1. The molecule has 0 aliphatic carbocycles. The van der Waals surface area contributed by atoms with Gasteiger partial charge in [0.1, 0.15) is 0 Å². The standard InChI is InChI=1S/C14H25N3O3/c1-3-14(2,12(18)19)10-15-13(20)17-8-7-16-6-4-5-11(16)9-17/h11H,3-10H2,1-2H3,(H,15,20)(H,18,19). The van der Waals surface area contributed by atoms with Gasteiger partial charge in [-0.25, -0.2) is 4.79 Å². The van der Waals surface area contributed by atoms with E-state index in [-0.39, 0.29) is 12.6 Å². The predicted octanol–water partition coefficient (Wildman–Crippen LogP) is 0.977. The van der Waals surface area contributed by atoms with Crippen molar-refractivity contribution >= 4 is 12.0 Å². The average Bonchev–Trinajstić information content (AvgIpc) is 2.91. The van der Waals surface area contributed by atoms with Gasteiger partial charge >= 0.3 is 12.0 Å². The molecule has 2 unspecified atom stereocenters. The number of nitrogens with one attached hydrogen (secondary N) is 1. The van der Waals surface area contributed by atoms with E-state index in [4.69, 9.17) is 0 Å². The topological polar surface area (TPSA) is 72.9 Å². The maximum atomic E-state index is 12.2. The first kappa shape index (κ1) is 15.1. The molecule has 0 spiro atoms. The largest absolute Gasteiger partial charge is 0.481 e. The average molecular weight is 283 g/mol. The Balaban J connectivity index is 1.84. The molecule has 0 bridgehead atoms. The molecule has 2 rings (SSSR count). The summed E-state index contributed by atoms with van der Waals surface area (Å²) in [6.07, 6.45) is 2.87. The summed E-state index contributed by atoms with van der Waals surface area (Å²) in [6.45, 7) is 7.26. The predicted molar refractivity (Wildman–Crippen MR) is 75.6 cm³/mol. The Kier molecular flexibility index (Phi) is 4.52. The number of piperazine rings is 1. The lowest BCUT2D eigenvalue weighted by Crippen LogP contribution is -2.55. The van der Waals surface area contributed by atoms with Crippen molar-refractivity contribution in [1.29, 1.82) is 0 Å². The fourth-order valence-electron chi connectivity index (χ4n) is 2.91. The first-order chi connectivity index (χ1) is 9.46. The number of fused-ring (bicyclic) bond motifs is 1. The van der Waals surface area contributed by atoms with E-state index in [1.807, 2.05) is 11.8 Å². The second-order valence-corrected chi connectivity index (χ2v) is 6.16. The zero-order valence-electron chi connectivity index (χ0n) is 12.4. The van der Waals surface area contributed by atoms with Crippen molar-refractivity contribution in [2.45, 2.75) is 39.2 Å². The minimum Gasteiger partial charge on any atom is -0.481 e. The van der Waals surface area contributed by atoms with Gasteiger partial charge in [0.25, 0.3) is 0 Å². The van der Waals surface area contributed by atoms with Crippen LogP contribution in [0.4, 0.5) is 4.79 Å². The Hall–Kier alpha value is -1.30. The number of urea groups is 1. The highest BCUT2D eigenvalue weighted by molar-refractivity contribution is 5.78. The highest BCUT2D eigenvalue weighted by Gasteiger charge is 2.35. The van der Waals surface area contributed by atoms with Crippen molar-refractivity contribution in [3.63, 3.8) is 0 Å². The van der Waals surface area contributed by atoms with Crippen molar-refractivity contribution in [1.82, 2.24) is 15.1 Å². The van der Waals surface area contributed by atoms with Crippen molar-refractivity contribution in [3.05, 3.63) is 0 Å². The highest BCUT2D eigenvalue weighted by atomic mass is 16.4. The zero-order valence-corrected chi connectivity index (χ0v) is 12.4. The van der Waals surface area contributed by atoms with Crippen molar-refractivity contribution in [3.8, 4) is 0 Å². The van der Waals surface area contributed by atoms with Gasteiger partial charge in [0, 0.05) is 32.2 Å². The van der Waals surface area contributed by atoms with Gasteiger partial charge in [-0.15, -0.1) is 0 Å². The minimum atomic E-state index is -0.884. The number of hydrogen-bond donors (Lipinski definition) is 2. The van der Waals surface area contributed by atoms with Gasteiger partial charge in [-0.1, -0.05) is 6.92 Å². The second-order valence-electron chi connectivity index (χ2n) is 6.16. The van der Waals surface area contributed by atoms with E-state index in [1.165, 1.54) is 6.42 Å². The number of carboxylic acid groups (broad SMARTS) is 1. The fourth-order valence-corrected chi connectivity index (χ4v) is 2.91. The lowest BCUT2D eigenvalue weighted by molar-refractivity contribution is -0.147. The molecule has 0 saturated carbocycles. The van der Waals surface area contributed by atoms with Crippen LogP contribution in [-0.4, -0.2) is 65.7 Å². The molecule has 114 valence electrons. The first-order valence-corrected chi connectivity index (χ1v) is 7.46. The van der Waals surface area contributed by atoms with Crippen molar-refractivity contribution < 1.29 is 14.7 Å². The molecule has 20 heavy (non-hydrogen) atoms. The van der Waals surface area contributed by atoms with E-state index in [9.17, 15) is 14.7 Å². The van der Waals surface area contributed by atoms with Crippen LogP contribution in [0.15, 0.2) is 0 Å². The van der Waals surface area contributed by atoms with Gasteiger partial charge in [0.15, 0.2) is 0 Å². The van der Waals surface area contributed by atoms with Crippen LogP contribution in [0.5, 0.6) is 0 Å². The monoisotopic (exact) mass is 283 g/mol. The van der Waals surface area contributed by atoms with E-state index in [0.29, 0.717) is 12.5 Å². The SMILES string of the molecule is CCC(C)(CNC(=O)N1CCN2CCCC2C1)C(=O)O. The van der Waals surface area contributed by atoms with Crippen molar-refractivity contribution in [2.24, 2.45) is 5.41 Å².